The standard InChI is InChI=1S/C20H20ClN3O5S/c21-14-5-3-13(4-6-14)11-22-20(26)17-2-1-9-24(17)30(27,28)15-7-8-18-16(10-15)23-19(25)12-29-18/h3-8,10,17H,1-2,9,11-12H2,(H,22,26)(H,23,25)/t17-/m1/s1. The van der Waals surface area contributed by atoms with Crippen LogP contribution in [0.3, 0.4) is 0 Å². The average molecular weight is 450 g/mol. The highest BCUT2D eigenvalue weighted by Gasteiger charge is 2.39. The molecule has 2 amide bonds. The fourth-order valence-electron chi connectivity index (χ4n) is 3.56. The topological polar surface area (TPSA) is 105 Å². The first-order valence-corrected chi connectivity index (χ1v) is 11.3. The summed E-state index contributed by atoms with van der Waals surface area (Å²) in [6.07, 6.45) is 1.03. The molecule has 2 heterocycles. The van der Waals surface area contributed by atoms with Crippen LogP contribution >= 0.6 is 11.6 Å². The zero-order valence-electron chi connectivity index (χ0n) is 15.9. The minimum absolute atomic E-state index is 0.00412. The fraction of sp³-hybridized carbons (Fsp3) is 0.300. The number of rotatable bonds is 5. The number of ether oxygens (including phenoxy) is 1. The molecular formula is C20H20ClN3O5S. The second kappa shape index (κ2) is 8.25. The van der Waals surface area contributed by atoms with Gasteiger partial charge in [0.2, 0.25) is 15.9 Å². The maximum Gasteiger partial charge on any atom is 0.262 e. The number of benzene rings is 2. The first kappa shape index (κ1) is 20.6. The molecule has 2 aromatic rings. The molecule has 158 valence electrons. The summed E-state index contributed by atoms with van der Waals surface area (Å²) in [4.78, 5) is 24.3. The monoisotopic (exact) mass is 449 g/mol. The summed E-state index contributed by atoms with van der Waals surface area (Å²) in [5.41, 5.74) is 1.17. The van der Waals surface area contributed by atoms with Crippen molar-refractivity contribution in [2.24, 2.45) is 0 Å². The van der Waals surface area contributed by atoms with Gasteiger partial charge in [-0.05, 0) is 48.7 Å². The van der Waals surface area contributed by atoms with Crippen LogP contribution in [0.15, 0.2) is 47.4 Å². The van der Waals surface area contributed by atoms with Crippen LogP contribution in [0.1, 0.15) is 18.4 Å². The second-order valence-electron chi connectivity index (χ2n) is 7.11. The van der Waals surface area contributed by atoms with Crippen LogP contribution < -0.4 is 15.4 Å². The Kier molecular flexibility index (Phi) is 5.68. The Morgan fingerprint density at radius 3 is 2.77 bits per heavy atom. The molecule has 0 spiro atoms. The third kappa shape index (κ3) is 4.14. The summed E-state index contributed by atoms with van der Waals surface area (Å²) >= 11 is 5.87. The van der Waals surface area contributed by atoms with E-state index in [1.807, 2.05) is 0 Å². The zero-order chi connectivity index (χ0) is 21.3. The SMILES string of the molecule is O=C1COc2ccc(S(=O)(=O)N3CCC[C@@H]3C(=O)NCc3ccc(Cl)cc3)cc2N1. The van der Waals surface area contributed by atoms with Gasteiger partial charge in [0.1, 0.15) is 11.8 Å². The van der Waals surface area contributed by atoms with Gasteiger partial charge in [-0.15, -0.1) is 0 Å². The van der Waals surface area contributed by atoms with E-state index < -0.39 is 16.1 Å². The number of anilines is 1. The number of sulfonamides is 1. The highest BCUT2D eigenvalue weighted by molar-refractivity contribution is 7.89. The lowest BCUT2D eigenvalue weighted by Gasteiger charge is -2.24. The Morgan fingerprint density at radius 1 is 1.23 bits per heavy atom. The van der Waals surface area contributed by atoms with Crippen LogP contribution in [0.4, 0.5) is 5.69 Å². The van der Waals surface area contributed by atoms with Crippen LogP contribution in [-0.4, -0.2) is 43.7 Å². The van der Waals surface area contributed by atoms with Gasteiger partial charge < -0.3 is 15.4 Å². The molecule has 1 atom stereocenters. The van der Waals surface area contributed by atoms with Gasteiger partial charge in [0.25, 0.3) is 5.91 Å². The molecule has 0 unspecified atom stereocenters. The van der Waals surface area contributed by atoms with Crippen molar-refractivity contribution in [3.63, 3.8) is 0 Å². The van der Waals surface area contributed by atoms with Crippen molar-refractivity contribution in [1.82, 2.24) is 9.62 Å². The molecule has 0 aliphatic carbocycles. The Bertz CT molecular complexity index is 1090. The van der Waals surface area contributed by atoms with E-state index in [9.17, 15) is 18.0 Å². The molecule has 0 saturated carbocycles. The quantitative estimate of drug-likeness (QED) is 0.727. The maximum atomic E-state index is 13.2. The van der Waals surface area contributed by atoms with Crippen molar-refractivity contribution in [2.45, 2.75) is 30.3 Å². The molecule has 2 aliphatic rings. The molecule has 30 heavy (non-hydrogen) atoms. The first-order valence-electron chi connectivity index (χ1n) is 9.45. The number of amides is 2. The maximum absolute atomic E-state index is 13.2. The molecule has 8 nitrogen and oxygen atoms in total. The van der Waals surface area contributed by atoms with Gasteiger partial charge in [-0.1, -0.05) is 23.7 Å². The first-order chi connectivity index (χ1) is 14.3. The summed E-state index contributed by atoms with van der Waals surface area (Å²) in [5, 5.41) is 6.01. The summed E-state index contributed by atoms with van der Waals surface area (Å²) in [6, 6.07) is 10.6. The predicted octanol–water partition coefficient (Wildman–Crippen LogP) is 2.14. The van der Waals surface area contributed by atoms with Crippen molar-refractivity contribution in [3.05, 3.63) is 53.1 Å². The van der Waals surface area contributed by atoms with Gasteiger partial charge in [-0.2, -0.15) is 4.31 Å². The Hall–Kier alpha value is -2.62. The van der Waals surface area contributed by atoms with E-state index in [0.717, 1.165) is 5.56 Å². The lowest BCUT2D eigenvalue weighted by atomic mass is 10.2. The van der Waals surface area contributed by atoms with Crippen molar-refractivity contribution in [1.29, 1.82) is 0 Å². The molecule has 10 heteroatoms. The smallest absolute Gasteiger partial charge is 0.262 e. The lowest BCUT2D eigenvalue weighted by molar-refractivity contribution is -0.124. The number of hydrogen-bond acceptors (Lipinski definition) is 5. The summed E-state index contributed by atoms with van der Waals surface area (Å²) in [7, 11) is -3.92. The molecule has 1 fully saturated rings. The normalized spacial score (nSPS) is 19.0. The van der Waals surface area contributed by atoms with Crippen LogP contribution in [0.2, 0.25) is 5.02 Å². The molecule has 0 aromatic heterocycles. The highest BCUT2D eigenvalue weighted by Crippen LogP contribution is 2.33. The van der Waals surface area contributed by atoms with E-state index in [4.69, 9.17) is 16.3 Å². The number of fused-ring (bicyclic) bond motifs is 1. The largest absolute Gasteiger partial charge is 0.482 e. The Labute approximate surface area is 179 Å². The minimum Gasteiger partial charge on any atom is -0.482 e. The predicted molar refractivity (Wildman–Crippen MR) is 111 cm³/mol. The highest BCUT2D eigenvalue weighted by atomic mass is 35.5. The van der Waals surface area contributed by atoms with Gasteiger partial charge in [-0.3, -0.25) is 9.59 Å². The average Bonchev–Trinajstić information content (AvgIpc) is 3.23. The fourth-order valence-corrected chi connectivity index (χ4v) is 5.37. The second-order valence-corrected chi connectivity index (χ2v) is 9.44. The van der Waals surface area contributed by atoms with E-state index in [0.29, 0.717) is 29.3 Å². The Balaban J connectivity index is 1.50. The minimum atomic E-state index is -3.92. The molecule has 2 aliphatic heterocycles. The van der Waals surface area contributed by atoms with Crippen LogP contribution in [0.25, 0.3) is 0 Å². The van der Waals surface area contributed by atoms with Crippen molar-refractivity contribution < 1.29 is 22.7 Å². The van der Waals surface area contributed by atoms with E-state index in [1.54, 1.807) is 24.3 Å². The van der Waals surface area contributed by atoms with Crippen molar-refractivity contribution >= 4 is 39.1 Å². The molecule has 2 N–H and O–H groups in total. The summed E-state index contributed by atoms with van der Waals surface area (Å²) in [5.74, 6) is -0.287. The lowest BCUT2D eigenvalue weighted by Crippen LogP contribution is -2.45. The van der Waals surface area contributed by atoms with E-state index in [1.165, 1.54) is 22.5 Å². The van der Waals surface area contributed by atoms with Crippen LogP contribution in [-0.2, 0) is 26.2 Å². The third-order valence-corrected chi connectivity index (χ3v) is 7.23. The van der Waals surface area contributed by atoms with Gasteiger partial charge in [0.15, 0.2) is 6.61 Å². The molecule has 1 saturated heterocycles. The number of nitrogens with zero attached hydrogens (tertiary/aromatic N) is 1. The van der Waals surface area contributed by atoms with E-state index in [-0.39, 0.29) is 36.4 Å². The summed E-state index contributed by atoms with van der Waals surface area (Å²) < 4.78 is 32.9. The number of halogens is 1. The third-order valence-electron chi connectivity index (χ3n) is 5.08. The molecular weight excluding hydrogens is 430 g/mol. The van der Waals surface area contributed by atoms with Gasteiger partial charge >= 0.3 is 0 Å². The number of hydrogen-bond donors (Lipinski definition) is 2. The molecule has 4 rings (SSSR count). The molecule has 2 aromatic carbocycles. The zero-order valence-corrected chi connectivity index (χ0v) is 17.5. The summed E-state index contributed by atoms with van der Waals surface area (Å²) in [6.45, 7) is 0.422. The molecule has 0 bridgehead atoms. The van der Waals surface area contributed by atoms with Crippen molar-refractivity contribution in [3.8, 4) is 5.75 Å². The molecule has 0 radical (unpaired) electrons. The number of carbonyl (C=O) groups is 2. The number of nitrogens with one attached hydrogen (secondary N) is 2. The van der Waals surface area contributed by atoms with Gasteiger partial charge in [0, 0.05) is 18.1 Å². The Morgan fingerprint density at radius 2 is 2.00 bits per heavy atom. The van der Waals surface area contributed by atoms with E-state index in [2.05, 4.69) is 10.6 Å². The van der Waals surface area contributed by atoms with E-state index >= 15 is 0 Å². The van der Waals surface area contributed by atoms with Gasteiger partial charge in [0.05, 0.1) is 10.6 Å². The van der Waals surface area contributed by atoms with Crippen LogP contribution in [0, 0.1) is 0 Å². The van der Waals surface area contributed by atoms with Crippen molar-refractivity contribution in [2.75, 3.05) is 18.5 Å². The number of carbonyl (C=O) groups excluding carboxylic acids is 2. The van der Waals surface area contributed by atoms with Gasteiger partial charge in [-0.25, -0.2) is 8.42 Å². The van der Waals surface area contributed by atoms with Crippen LogP contribution in [0.5, 0.6) is 5.75 Å².